The molecule has 5 rings (SSSR count). The van der Waals surface area contributed by atoms with Gasteiger partial charge in [0.05, 0.1) is 12.2 Å². The van der Waals surface area contributed by atoms with Crippen LogP contribution in [0.2, 0.25) is 5.02 Å². The molecule has 31 heavy (non-hydrogen) atoms. The van der Waals surface area contributed by atoms with E-state index in [-0.39, 0.29) is 12.1 Å². The molecule has 4 aromatic rings. The van der Waals surface area contributed by atoms with E-state index in [1.54, 1.807) is 12.1 Å². The summed E-state index contributed by atoms with van der Waals surface area (Å²) in [6.07, 6.45) is 2.07. The predicted molar refractivity (Wildman–Crippen MR) is 125 cm³/mol. The van der Waals surface area contributed by atoms with Gasteiger partial charge in [-0.15, -0.1) is 0 Å². The molecule has 5 heteroatoms. The van der Waals surface area contributed by atoms with Crippen LogP contribution in [-0.2, 0) is 6.54 Å². The fourth-order valence-electron chi connectivity index (χ4n) is 4.32. The molecule has 0 radical (unpaired) electrons. The summed E-state index contributed by atoms with van der Waals surface area (Å²) < 4.78 is 2.19. The molecule has 0 spiro atoms. The van der Waals surface area contributed by atoms with Crippen LogP contribution in [0, 0.1) is 6.92 Å². The summed E-state index contributed by atoms with van der Waals surface area (Å²) in [7, 11) is 0. The number of hydrogen-bond donors (Lipinski definition) is 1. The SMILES string of the molecule is Cc1ccccc1[C@H]1c2cccn2-c2ccccc2CN1C(=O)Nc1cccc(Cl)c1. The van der Waals surface area contributed by atoms with E-state index in [1.165, 1.54) is 0 Å². The second-order valence-electron chi connectivity index (χ2n) is 7.76. The quantitative estimate of drug-likeness (QED) is 0.385. The molecule has 3 aromatic carbocycles. The van der Waals surface area contributed by atoms with E-state index < -0.39 is 0 Å². The first-order chi connectivity index (χ1) is 15.1. The highest BCUT2D eigenvalue weighted by Gasteiger charge is 2.33. The smallest absolute Gasteiger partial charge is 0.318 e. The lowest BCUT2D eigenvalue weighted by Crippen LogP contribution is -2.38. The maximum Gasteiger partial charge on any atom is 0.322 e. The first kappa shape index (κ1) is 19.5. The minimum Gasteiger partial charge on any atom is -0.318 e. The van der Waals surface area contributed by atoms with Crippen molar-refractivity contribution >= 4 is 23.3 Å². The van der Waals surface area contributed by atoms with Crippen LogP contribution in [0.4, 0.5) is 10.5 Å². The Balaban J connectivity index is 1.65. The summed E-state index contributed by atoms with van der Waals surface area (Å²) in [4.78, 5) is 15.5. The van der Waals surface area contributed by atoms with Gasteiger partial charge in [0.25, 0.3) is 0 Å². The first-order valence-electron chi connectivity index (χ1n) is 10.3. The van der Waals surface area contributed by atoms with Crippen LogP contribution >= 0.6 is 11.6 Å². The van der Waals surface area contributed by atoms with E-state index in [0.717, 1.165) is 28.1 Å². The van der Waals surface area contributed by atoms with Gasteiger partial charge in [0, 0.05) is 22.6 Å². The second-order valence-corrected chi connectivity index (χ2v) is 8.20. The van der Waals surface area contributed by atoms with Crippen molar-refractivity contribution in [1.82, 2.24) is 9.47 Å². The molecule has 0 saturated heterocycles. The van der Waals surface area contributed by atoms with Gasteiger partial charge >= 0.3 is 6.03 Å². The number of aromatic nitrogens is 1. The normalized spacial score (nSPS) is 15.0. The molecule has 4 nitrogen and oxygen atoms in total. The molecule has 1 N–H and O–H groups in total. The van der Waals surface area contributed by atoms with Gasteiger partial charge in [0.15, 0.2) is 0 Å². The lowest BCUT2D eigenvalue weighted by atomic mass is 9.97. The van der Waals surface area contributed by atoms with Crippen LogP contribution in [0.5, 0.6) is 0 Å². The number of para-hydroxylation sites is 1. The summed E-state index contributed by atoms with van der Waals surface area (Å²) in [6.45, 7) is 2.58. The van der Waals surface area contributed by atoms with E-state index in [0.29, 0.717) is 17.3 Å². The number of nitrogens with one attached hydrogen (secondary N) is 1. The van der Waals surface area contributed by atoms with Gasteiger partial charge in [0.2, 0.25) is 0 Å². The standard InChI is InChI=1S/C26H22ClN3O/c1-18-8-2-4-12-22(18)25-24-14-7-15-29(24)23-13-5-3-9-19(23)17-30(25)26(31)28-21-11-6-10-20(27)16-21/h2-16,25H,17H2,1H3,(H,28,31)/t25-/m0/s1. The number of rotatable bonds is 2. The summed E-state index contributed by atoms with van der Waals surface area (Å²) in [5, 5.41) is 3.63. The van der Waals surface area contributed by atoms with Crippen LogP contribution in [0.25, 0.3) is 5.69 Å². The average Bonchev–Trinajstić information content (AvgIpc) is 3.19. The third kappa shape index (κ3) is 3.60. The van der Waals surface area contributed by atoms with E-state index in [9.17, 15) is 4.79 Å². The molecule has 0 bridgehead atoms. The van der Waals surface area contributed by atoms with Gasteiger partial charge in [-0.25, -0.2) is 4.79 Å². The van der Waals surface area contributed by atoms with Crippen molar-refractivity contribution in [2.45, 2.75) is 19.5 Å². The molecule has 2 heterocycles. The van der Waals surface area contributed by atoms with Crippen molar-refractivity contribution in [3.8, 4) is 5.69 Å². The average molecular weight is 428 g/mol. The number of anilines is 1. The Labute approximate surface area is 186 Å². The maximum absolute atomic E-state index is 13.6. The Morgan fingerprint density at radius 1 is 0.968 bits per heavy atom. The minimum absolute atomic E-state index is 0.167. The Morgan fingerprint density at radius 2 is 1.77 bits per heavy atom. The molecular formula is C26H22ClN3O. The van der Waals surface area contributed by atoms with E-state index in [4.69, 9.17) is 11.6 Å². The minimum atomic E-state index is -0.234. The highest BCUT2D eigenvalue weighted by Crippen LogP contribution is 2.38. The van der Waals surface area contributed by atoms with Crippen LogP contribution in [0.15, 0.2) is 91.1 Å². The molecule has 1 aromatic heterocycles. The number of amides is 2. The molecule has 2 amide bonds. The number of fused-ring (bicyclic) bond motifs is 3. The Bertz CT molecular complexity index is 1260. The van der Waals surface area contributed by atoms with Crippen molar-refractivity contribution in [2.75, 3.05) is 5.32 Å². The Morgan fingerprint density at radius 3 is 2.61 bits per heavy atom. The molecule has 0 aliphatic carbocycles. The fraction of sp³-hybridized carbons (Fsp3) is 0.115. The van der Waals surface area contributed by atoms with E-state index in [2.05, 4.69) is 53.3 Å². The number of carbonyl (C=O) groups is 1. The predicted octanol–water partition coefficient (Wildman–Crippen LogP) is 6.58. The fourth-order valence-corrected chi connectivity index (χ4v) is 4.51. The van der Waals surface area contributed by atoms with Crippen LogP contribution in [-0.4, -0.2) is 15.5 Å². The van der Waals surface area contributed by atoms with Gasteiger partial charge < -0.3 is 14.8 Å². The van der Waals surface area contributed by atoms with Gasteiger partial charge in [-0.2, -0.15) is 0 Å². The zero-order valence-electron chi connectivity index (χ0n) is 17.1. The summed E-state index contributed by atoms with van der Waals surface area (Å²) in [6, 6.07) is 27.5. The molecule has 1 aliphatic rings. The zero-order valence-corrected chi connectivity index (χ0v) is 17.9. The van der Waals surface area contributed by atoms with E-state index in [1.807, 2.05) is 47.4 Å². The summed E-state index contributed by atoms with van der Waals surface area (Å²) >= 11 is 6.14. The number of halogens is 1. The molecule has 0 fully saturated rings. The van der Waals surface area contributed by atoms with Crippen molar-refractivity contribution in [2.24, 2.45) is 0 Å². The number of urea groups is 1. The van der Waals surface area contributed by atoms with Crippen molar-refractivity contribution in [3.05, 3.63) is 119 Å². The highest BCUT2D eigenvalue weighted by atomic mass is 35.5. The summed E-state index contributed by atoms with van der Waals surface area (Å²) in [5.74, 6) is 0. The maximum atomic E-state index is 13.6. The topological polar surface area (TPSA) is 37.3 Å². The van der Waals surface area contributed by atoms with E-state index >= 15 is 0 Å². The number of nitrogens with zero attached hydrogens (tertiary/aromatic N) is 2. The number of aryl methyl sites for hydroxylation is 1. The lowest BCUT2D eigenvalue weighted by molar-refractivity contribution is 0.194. The molecule has 1 atom stereocenters. The lowest BCUT2D eigenvalue weighted by Gasteiger charge is -2.32. The van der Waals surface area contributed by atoms with Gasteiger partial charge in [-0.1, -0.05) is 60.1 Å². The molecule has 154 valence electrons. The number of carbonyl (C=O) groups excluding carboxylic acids is 1. The van der Waals surface area contributed by atoms with Crippen LogP contribution in [0.1, 0.15) is 28.4 Å². The van der Waals surface area contributed by atoms with Crippen molar-refractivity contribution in [1.29, 1.82) is 0 Å². The van der Waals surface area contributed by atoms with Crippen LogP contribution in [0.3, 0.4) is 0 Å². The molecule has 0 saturated carbocycles. The second kappa shape index (κ2) is 7.97. The largest absolute Gasteiger partial charge is 0.322 e. The highest BCUT2D eigenvalue weighted by molar-refractivity contribution is 6.30. The van der Waals surface area contributed by atoms with Crippen molar-refractivity contribution in [3.63, 3.8) is 0 Å². The van der Waals surface area contributed by atoms with Gasteiger partial charge in [-0.05, 0) is 60.0 Å². The number of benzene rings is 3. The van der Waals surface area contributed by atoms with Crippen LogP contribution < -0.4 is 5.32 Å². The third-order valence-corrected chi connectivity index (χ3v) is 6.02. The molecular weight excluding hydrogens is 406 g/mol. The Kier molecular flexibility index (Phi) is 5.00. The first-order valence-corrected chi connectivity index (χ1v) is 10.6. The summed E-state index contributed by atoms with van der Waals surface area (Å²) in [5.41, 5.74) is 6.18. The molecule has 0 unspecified atom stereocenters. The monoisotopic (exact) mass is 427 g/mol. The zero-order chi connectivity index (χ0) is 21.4. The van der Waals surface area contributed by atoms with Gasteiger partial charge in [-0.3, -0.25) is 0 Å². The third-order valence-electron chi connectivity index (χ3n) is 5.78. The Hall–Kier alpha value is -3.50. The molecule has 1 aliphatic heterocycles. The van der Waals surface area contributed by atoms with Gasteiger partial charge in [0.1, 0.15) is 6.04 Å². The number of hydrogen-bond acceptors (Lipinski definition) is 1. The van der Waals surface area contributed by atoms with Crippen molar-refractivity contribution < 1.29 is 4.79 Å².